The van der Waals surface area contributed by atoms with Crippen molar-refractivity contribution in [1.82, 2.24) is 5.32 Å². The van der Waals surface area contributed by atoms with E-state index in [0.29, 0.717) is 6.10 Å². The Balaban J connectivity index is 2.52. The van der Waals surface area contributed by atoms with E-state index in [4.69, 9.17) is 4.74 Å². The van der Waals surface area contributed by atoms with E-state index < -0.39 is 0 Å². The number of rotatable bonds is 3. The van der Waals surface area contributed by atoms with E-state index >= 15 is 0 Å². The molecule has 1 atom stereocenters. The predicted octanol–water partition coefficient (Wildman–Crippen LogP) is 1.94. The van der Waals surface area contributed by atoms with Crippen molar-refractivity contribution in [2.45, 2.75) is 51.7 Å². The predicted molar refractivity (Wildman–Crippen MR) is 51.3 cm³/mol. The Labute approximate surface area is 75.7 Å². The zero-order valence-corrected chi connectivity index (χ0v) is 8.52. The normalized spacial score (nSPS) is 28.8. The van der Waals surface area contributed by atoms with E-state index in [1.807, 2.05) is 0 Å². The zero-order valence-electron chi connectivity index (χ0n) is 8.52. The van der Waals surface area contributed by atoms with E-state index in [-0.39, 0.29) is 5.60 Å². The summed E-state index contributed by atoms with van der Waals surface area (Å²) in [5.74, 6) is 0. The van der Waals surface area contributed by atoms with Gasteiger partial charge in [0, 0.05) is 13.1 Å². The monoisotopic (exact) mass is 171 g/mol. The van der Waals surface area contributed by atoms with Crippen LogP contribution in [0.3, 0.4) is 0 Å². The second kappa shape index (κ2) is 4.24. The third-order valence-electron chi connectivity index (χ3n) is 2.98. The van der Waals surface area contributed by atoms with Crippen molar-refractivity contribution in [3.63, 3.8) is 0 Å². The molecule has 0 aliphatic carbocycles. The van der Waals surface area contributed by atoms with Crippen LogP contribution < -0.4 is 5.32 Å². The van der Waals surface area contributed by atoms with Gasteiger partial charge in [-0.05, 0) is 19.3 Å². The SMILES string of the molecule is CCC1CNCC(CC)(CC)O1. The van der Waals surface area contributed by atoms with Gasteiger partial charge < -0.3 is 10.1 Å². The van der Waals surface area contributed by atoms with Gasteiger partial charge in [0.15, 0.2) is 0 Å². The summed E-state index contributed by atoms with van der Waals surface area (Å²) in [5.41, 5.74) is 0.124. The minimum atomic E-state index is 0.124. The summed E-state index contributed by atoms with van der Waals surface area (Å²) >= 11 is 0. The molecular weight excluding hydrogens is 150 g/mol. The molecule has 0 bridgehead atoms. The van der Waals surface area contributed by atoms with Gasteiger partial charge in [0.25, 0.3) is 0 Å². The Morgan fingerprint density at radius 3 is 2.50 bits per heavy atom. The van der Waals surface area contributed by atoms with Gasteiger partial charge in [0.2, 0.25) is 0 Å². The molecule has 1 fully saturated rings. The third kappa shape index (κ3) is 1.99. The van der Waals surface area contributed by atoms with Crippen molar-refractivity contribution in [3.8, 4) is 0 Å². The summed E-state index contributed by atoms with van der Waals surface area (Å²) < 4.78 is 6.06. The summed E-state index contributed by atoms with van der Waals surface area (Å²) in [6.07, 6.45) is 3.79. The smallest absolute Gasteiger partial charge is 0.0805 e. The second-order valence-electron chi connectivity index (χ2n) is 3.67. The molecular formula is C10H21NO. The van der Waals surface area contributed by atoms with Crippen LogP contribution in [0.15, 0.2) is 0 Å². The molecule has 2 nitrogen and oxygen atoms in total. The fraction of sp³-hybridized carbons (Fsp3) is 1.00. The van der Waals surface area contributed by atoms with Crippen molar-refractivity contribution in [3.05, 3.63) is 0 Å². The van der Waals surface area contributed by atoms with Gasteiger partial charge in [-0.25, -0.2) is 0 Å². The lowest BCUT2D eigenvalue weighted by atomic mass is 9.94. The van der Waals surface area contributed by atoms with Crippen LogP contribution in [-0.2, 0) is 4.74 Å². The van der Waals surface area contributed by atoms with Crippen LogP contribution in [0.4, 0.5) is 0 Å². The summed E-state index contributed by atoms with van der Waals surface area (Å²) in [5, 5.41) is 3.45. The summed E-state index contributed by atoms with van der Waals surface area (Å²) in [6.45, 7) is 8.66. The van der Waals surface area contributed by atoms with E-state index in [2.05, 4.69) is 26.1 Å². The Bertz CT molecular complexity index is 132. The standard InChI is InChI=1S/C10H21NO/c1-4-9-7-11-8-10(5-2,6-3)12-9/h9,11H,4-8H2,1-3H3. The Hall–Kier alpha value is -0.0800. The first-order chi connectivity index (χ1) is 5.76. The Morgan fingerprint density at radius 1 is 1.33 bits per heavy atom. The van der Waals surface area contributed by atoms with Gasteiger partial charge in [-0.3, -0.25) is 0 Å². The first-order valence-corrected chi connectivity index (χ1v) is 5.15. The van der Waals surface area contributed by atoms with Gasteiger partial charge in [0.1, 0.15) is 0 Å². The quantitative estimate of drug-likeness (QED) is 0.700. The number of morpholine rings is 1. The molecule has 0 aromatic rings. The minimum Gasteiger partial charge on any atom is -0.369 e. The molecule has 0 aromatic heterocycles. The highest BCUT2D eigenvalue weighted by molar-refractivity contribution is 4.86. The fourth-order valence-corrected chi connectivity index (χ4v) is 1.79. The van der Waals surface area contributed by atoms with Crippen LogP contribution in [0.2, 0.25) is 0 Å². The van der Waals surface area contributed by atoms with Crippen molar-refractivity contribution < 1.29 is 4.74 Å². The first kappa shape index (κ1) is 10.0. The molecule has 12 heavy (non-hydrogen) atoms. The fourth-order valence-electron chi connectivity index (χ4n) is 1.79. The second-order valence-corrected chi connectivity index (χ2v) is 3.67. The highest BCUT2D eigenvalue weighted by Crippen LogP contribution is 2.25. The number of ether oxygens (including phenoxy) is 1. The van der Waals surface area contributed by atoms with Crippen molar-refractivity contribution >= 4 is 0 Å². The molecule has 0 spiro atoms. The maximum atomic E-state index is 6.06. The lowest BCUT2D eigenvalue weighted by Crippen LogP contribution is -2.53. The Kier molecular flexibility index (Phi) is 3.53. The highest BCUT2D eigenvalue weighted by Gasteiger charge is 2.33. The summed E-state index contributed by atoms with van der Waals surface area (Å²) in [4.78, 5) is 0. The van der Waals surface area contributed by atoms with Crippen molar-refractivity contribution in [2.75, 3.05) is 13.1 Å². The molecule has 1 heterocycles. The van der Waals surface area contributed by atoms with E-state index in [9.17, 15) is 0 Å². The third-order valence-corrected chi connectivity index (χ3v) is 2.98. The van der Waals surface area contributed by atoms with Gasteiger partial charge in [0.05, 0.1) is 11.7 Å². The van der Waals surface area contributed by atoms with Crippen molar-refractivity contribution in [2.24, 2.45) is 0 Å². The average Bonchev–Trinajstić information content (AvgIpc) is 2.18. The zero-order chi connectivity index (χ0) is 9.03. The van der Waals surface area contributed by atoms with Gasteiger partial charge in [-0.2, -0.15) is 0 Å². The summed E-state index contributed by atoms with van der Waals surface area (Å²) in [6, 6.07) is 0. The molecule has 0 aromatic carbocycles. The molecule has 1 unspecified atom stereocenters. The lowest BCUT2D eigenvalue weighted by Gasteiger charge is -2.40. The molecule has 2 heteroatoms. The van der Waals surface area contributed by atoms with Crippen molar-refractivity contribution in [1.29, 1.82) is 0 Å². The van der Waals surface area contributed by atoms with Crippen LogP contribution in [0.25, 0.3) is 0 Å². The molecule has 0 saturated carbocycles. The van der Waals surface area contributed by atoms with Crippen LogP contribution in [0, 0.1) is 0 Å². The molecule has 0 radical (unpaired) electrons. The van der Waals surface area contributed by atoms with Crippen LogP contribution in [-0.4, -0.2) is 24.8 Å². The van der Waals surface area contributed by atoms with Crippen LogP contribution in [0.1, 0.15) is 40.0 Å². The van der Waals surface area contributed by atoms with Gasteiger partial charge >= 0.3 is 0 Å². The van der Waals surface area contributed by atoms with Crippen LogP contribution >= 0.6 is 0 Å². The van der Waals surface area contributed by atoms with E-state index in [1.54, 1.807) is 0 Å². The maximum absolute atomic E-state index is 6.06. The number of hydrogen-bond acceptors (Lipinski definition) is 2. The molecule has 72 valence electrons. The first-order valence-electron chi connectivity index (χ1n) is 5.15. The lowest BCUT2D eigenvalue weighted by molar-refractivity contribution is -0.120. The maximum Gasteiger partial charge on any atom is 0.0805 e. The molecule has 1 N–H and O–H groups in total. The number of nitrogens with one attached hydrogen (secondary N) is 1. The topological polar surface area (TPSA) is 21.3 Å². The van der Waals surface area contributed by atoms with Crippen LogP contribution in [0.5, 0.6) is 0 Å². The minimum absolute atomic E-state index is 0.124. The van der Waals surface area contributed by atoms with E-state index in [0.717, 1.165) is 32.4 Å². The van der Waals surface area contributed by atoms with Gasteiger partial charge in [-0.1, -0.05) is 20.8 Å². The molecule has 1 rings (SSSR count). The Morgan fingerprint density at radius 2 is 2.00 bits per heavy atom. The molecule has 1 aliphatic heterocycles. The molecule has 1 saturated heterocycles. The largest absolute Gasteiger partial charge is 0.369 e. The average molecular weight is 171 g/mol. The van der Waals surface area contributed by atoms with Gasteiger partial charge in [-0.15, -0.1) is 0 Å². The molecule has 1 aliphatic rings. The molecule has 0 amide bonds. The van der Waals surface area contributed by atoms with E-state index in [1.165, 1.54) is 0 Å². The number of hydrogen-bond donors (Lipinski definition) is 1. The summed E-state index contributed by atoms with van der Waals surface area (Å²) in [7, 11) is 0. The highest BCUT2D eigenvalue weighted by atomic mass is 16.5.